The maximum Gasteiger partial charge on any atom is 0.274 e. The number of fused-ring (bicyclic) bond motifs is 1. The monoisotopic (exact) mass is 493 g/mol. The minimum absolute atomic E-state index is 0.247. The Morgan fingerprint density at radius 3 is 2.58 bits per heavy atom. The van der Waals surface area contributed by atoms with Gasteiger partial charge in [-0.2, -0.15) is 0 Å². The molecule has 3 aromatic rings. The first-order chi connectivity index (χ1) is 17.6. The average molecular weight is 494 g/mol. The number of rotatable bonds is 12. The van der Waals surface area contributed by atoms with Crippen LogP contribution < -0.4 is 15.5 Å². The molecule has 0 radical (unpaired) electrons. The molecule has 9 heteroatoms. The highest BCUT2D eigenvalue weighted by Gasteiger charge is 2.14. The summed E-state index contributed by atoms with van der Waals surface area (Å²) in [5.74, 6) is 0.285. The van der Waals surface area contributed by atoms with Crippen molar-refractivity contribution in [1.82, 2.24) is 15.7 Å². The van der Waals surface area contributed by atoms with E-state index in [9.17, 15) is 9.59 Å². The molecule has 0 atom stereocenters. The van der Waals surface area contributed by atoms with E-state index in [0.717, 1.165) is 30.6 Å². The summed E-state index contributed by atoms with van der Waals surface area (Å²) in [6.07, 6.45) is 3.98. The lowest BCUT2D eigenvalue weighted by Gasteiger charge is -2.14. The Kier molecular flexibility index (Phi) is 9.09. The minimum Gasteiger partial charge on any atom is -0.492 e. The number of furan rings is 1. The highest BCUT2D eigenvalue weighted by molar-refractivity contribution is 5.96. The van der Waals surface area contributed by atoms with Gasteiger partial charge in [0.15, 0.2) is 0 Å². The van der Waals surface area contributed by atoms with Crippen LogP contribution in [-0.4, -0.2) is 67.9 Å². The second kappa shape index (κ2) is 12.9. The first-order valence-corrected chi connectivity index (χ1v) is 12.1. The number of ether oxygens (including phenoxy) is 2. The van der Waals surface area contributed by atoms with Crippen LogP contribution in [-0.2, 0) is 9.53 Å². The number of para-hydroxylation sites is 1. The van der Waals surface area contributed by atoms with E-state index in [4.69, 9.17) is 19.1 Å². The van der Waals surface area contributed by atoms with Gasteiger partial charge >= 0.3 is 0 Å². The zero-order chi connectivity index (χ0) is 25.2. The molecule has 3 N–H and O–H groups in total. The molecule has 9 nitrogen and oxygen atoms in total. The van der Waals surface area contributed by atoms with Gasteiger partial charge in [0.1, 0.15) is 23.7 Å². The maximum atomic E-state index is 12.6. The van der Waals surface area contributed by atoms with Gasteiger partial charge in [0, 0.05) is 29.1 Å². The Balaban J connectivity index is 1.31. The molecule has 1 aromatic heterocycles. The Hall–Kier alpha value is -3.66. The number of carbonyl (C=O) groups excluding carboxylic acids is 2. The number of amides is 2. The third-order valence-electron chi connectivity index (χ3n) is 5.94. The molecule has 2 aromatic carbocycles. The second-order valence-corrected chi connectivity index (χ2v) is 8.52. The van der Waals surface area contributed by atoms with Gasteiger partial charge in [-0.15, -0.1) is 0 Å². The summed E-state index contributed by atoms with van der Waals surface area (Å²) in [6.45, 7) is 4.50. The van der Waals surface area contributed by atoms with Crippen LogP contribution in [0.1, 0.15) is 29.0 Å². The summed E-state index contributed by atoms with van der Waals surface area (Å²) in [7, 11) is 0. The predicted octanol–water partition coefficient (Wildman–Crippen LogP) is 3.24. The number of nitrogens with zero attached hydrogens (tertiary/aromatic N) is 1. The zero-order valence-electron chi connectivity index (χ0n) is 20.1. The highest BCUT2D eigenvalue weighted by atomic mass is 16.5. The fraction of sp³-hybridized carbons (Fsp3) is 0.333. The molecular formula is C27H31N3O6. The number of benzene rings is 2. The molecule has 1 fully saturated rings. The van der Waals surface area contributed by atoms with Gasteiger partial charge in [-0.05, 0) is 62.3 Å². The van der Waals surface area contributed by atoms with Crippen LogP contribution in [0.25, 0.3) is 16.5 Å². The first-order valence-electron chi connectivity index (χ1n) is 12.1. The van der Waals surface area contributed by atoms with Crippen molar-refractivity contribution in [2.45, 2.75) is 12.8 Å². The number of hydrogen-bond acceptors (Lipinski definition) is 7. The van der Waals surface area contributed by atoms with Crippen LogP contribution in [0.4, 0.5) is 0 Å². The van der Waals surface area contributed by atoms with E-state index >= 15 is 0 Å². The van der Waals surface area contributed by atoms with Crippen molar-refractivity contribution in [3.63, 3.8) is 0 Å². The van der Waals surface area contributed by atoms with Gasteiger partial charge in [-0.3, -0.25) is 14.8 Å². The molecule has 36 heavy (non-hydrogen) atoms. The van der Waals surface area contributed by atoms with Gasteiger partial charge in [-0.1, -0.05) is 18.2 Å². The Morgan fingerprint density at radius 1 is 1.06 bits per heavy atom. The topological polar surface area (TPSA) is 113 Å². The number of hydroxylamine groups is 1. The third kappa shape index (κ3) is 7.17. The zero-order valence-corrected chi connectivity index (χ0v) is 20.1. The van der Waals surface area contributed by atoms with Crippen molar-refractivity contribution in [1.29, 1.82) is 0 Å². The summed E-state index contributed by atoms with van der Waals surface area (Å²) >= 11 is 0. The third-order valence-corrected chi connectivity index (χ3v) is 5.94. The number of hydrogen-bond donors (Lipinski definition) is 3. The van der Waals surface area contributed by atoms with Crippen LogP contribution in [0, 0.1) is 0 Å². The van der Waals surface area contributed by atoms with Crippen molar-refractivity contribution in [2.75, 3.05) is 46.0 Å². The van der Waals surface area contributed by atoms with E-state index < -0.39 is 5.91 Å². The van der Waals surface area contributed by atoms with Crippen molar-refractivity contribution in [3.05, 3.63) is 72.0 Å². The standard InChI is InChI=1S/C27H31N3O6/c31-26(28-11-15-35-23-9-7-20(8-10-23)27(32)29-33)18-22(19-34-16-14-30-12-3-4-13-30)25-17-21-5-1-2-6-24(21)36-25/h1-2,5-10,17-18,33H,3-4,11-16,19H2,(H,28,31)(H,29,32). The maximum absolute atomic E-state index is 12.6. The Bertz CT molecular complexity index is 1150. The lowest BCUT2D eigenvalue weighted by atomic mass is 10.1. The second-order valence-electron chi connectivity index (χ2n) is 8.52. The summed E-state index contributed by atoms with van der Waals surface area (Å²) in [4.78, 5) is 26.4. The van der Waals surface area contributed by atoms with Gasteiger partial charge in [0.05, 0.1) is 19.8 Å². The molecule has 0 bridgehead atoms. The van der Waals surface area contributed by atoms with E-state index in [0.29, 0.717) is 29.3 Å². The SMILES string of the molecule is O=C(C=C(COCCN1CCCC1)c1cc2ccccc2o1)NCCOc1ccc(C(=O)NO)cc1. The van der Waals surface area contributed by atoms with Crippen LogP contribution in [0.3, 0.4) is 0 Å². The van der Waals surface area contributed by atoms with Crippen molar-refractivity contribution < 1.29 is 28.7 Å². The normalized spacial score (nSPS) is 14.2. The average Bonchev–Trinajstić information content (AvgIpc) is 3.58. The summed E-state index contributed by atoms with van der Waals surface area (Å²) in [5, 5.41) is 12.5. The summed E-state index contributed by atoms with van der Waals surface area (Å²) < 4.78 is 17.5. The molecule has 1 saturated heterocycles. The van der Waals surface area contributed by atoms with Crippen LogP contribution in [0.15, 0.2) is 65.1 Å². The number of likely N-dealkylation sites (tertiary alicyclic amines) is 1. The Morgan fingerprint density at radius 2 is 1.83 bits per heavy atom. The predicted molar refractivity (Wildman–Crippen MR) is 135 cm³/mol. The quantitative estimate of drug-likeness (QED) is 0.154. The minimum atomic E-state index is -0.596. The van der Waals surface area contributed by atoms with Crippen molar-refractivity contribution in [3.8, 4) is 5.75 Å². The fourth-order valence-electron chi connectivity index (χ4n) is 4.03. The summed E-state index contributed by atoms with van der Waals surface area (Å²) in [5.41, 5.74) is 3.31. The van der Waals surface area contributed by atoms with E-state index in [1.807, 2.05) is 30.3 Å². The van der Waals surface area contributed by atoms with E-state index in [1.54, 1.807) is 17.6 Å². The van der Waals surface area contributed by atoms with Gasteiger partial charge in [0.2, 0.25) is 5.91 Å². The van der Waals surface area contributed by atoms with Gasteiger partial charge in [0.25, 0.3) is 5.91 Å². The molecule has 2 amide bonds. The molecule has 190 valence electrons. The molecule has 0 unspecified atom stereocenters. The van der Waals surface area contributed by atoms with Gasteiger partial charge < -0.3 is 24.1 Å². The molecule has 0 aliphatic carbocycles. The first kappa shape index (κ1) is 25.4. The lowest BCUT2D eigenvalue weighted by molar-refractivity contribution is -0.116. The largest absolute Gasteiger partial charge is 0.492 e. The molecule has 0 saturated carbocycles. The summed E-state index contributed by atoms with van der Waals surface area (Å²) in [6, 6.07) is 15.9. The van der Waals surface area contributed by atoms with Crippen molar-refractivity contribution in [2.24, 2.45) is 0 Å². The highest BCUT2D eigenvalue weighted by Crippen LogP contribution is 2.25. The smallest absolute Gasteiger partial charge is 0.274 e. The molecular weight excluding hydrogens is 462 g/mol. The van der Waals surface area contributed by atoms with Crippen LogP contribution in [0.5, 0.6) is 5.75 Å². The lowest BCUT2D eigenvalue weighted by Crippen LogP contribution is -2.27. The van der Waals surface area contributed by atoms with Crippen molar-refractivity contribution >= 4 is 28.4 Å². The molecule has 0 spiro atoms. The fourth-order valence-corrected chi connectivity index (χ4v) is 4.03. The van der Waals surface area contributed by atoms with E-state index in [2.05, 4.69) is 10.2 Å². The molecule has 2 heterocycles. The number of carbonyl (C=O) groups is 2. The Labute approximate surface area is 209 Å². The van der Waals surface area contributed by atoms with E-state index in [1.165, 1.54) is 31.1 Å². The van der Waals surface area contributed by atoms with E-state index in [-0.39, 0.29) is 25.7 Å². The van der Waals surface area contributed by atoms with Crippen LogP contribution in [0.2, 0.25) is 0 Å². The molecule has 4 rings (SSSR count). The number of nitrogens with one attached hydrogen (secondary N) is 2. The van der Waals surface area contributed by atoms with Gasteiger partial charge in [-0.25, -0.2) is 5.48 Å². The van der Waals surface area contributed by atoms with Crippen LogP contribution >= 0.6 is 0 Å². The molecule has 1 aliphatic heterocycles. The molecule has 1 aliphatic rings.